The number of carbonyl (C=O) groups excluding carboxylic acids is 1. The van der Waals surface area contributed by atoms with Gasteiger partial charge in [0.25, 0.3) is 0 Å². The summed E-state index contributed by atoms with van der Waals surface area (Å²) >= 11 is 0. The largest absolute Gasteiger partial charge is 0.416 e. The molecular weight excluding hydrogens is 249 g/mol. The van der Waals surface area contributed by atoms with E-state index in [9.17, 15) is 18.0 Å². The van der Waals surface area contributed by atoms with Gasteiger partial charge in [-0.15, -0.1) is 0 Å². The summed E-state index contributed by atoms with van der Waals surface area (Å²) in [5.74, 6) is -0.394. The van der Waals surface area contributed by atoms with Crippen molar-refractivity contribution in [3.63, 3.8) is 0 Å². The molecule has 0 aromatic rings. The van der Waals surface area contributed by atoms with E-state index in [0.29, 0.717) is 32.4 Å². The minimum absolute atomic E-state index is 0.394. The highest BCUT2D eigenvalue weighted by Crippen LogP contribution is 2.32. The Hall–Kier alpha value is -0.820. The molecule has 1 unspecified atom stereocenters. The van der Waals surface area contributed by atoms with Crippen LogP contribution in [0.15, 0.2) is 0 Å². The van der Waals surface area contributed by atoms with Gasteiger partial charge in [-0.3, -0.25) is 4.79 Å². The van der Waals surface area contributed by atoms with Gasteiger partial charge in [-0.2, -0.15) is 13.2 Å². The zero-order valence-corrected chi connectivity index (χ0v) is 10.3. The van der Waals surface area contributed by atoms with Gasteiger partial charge in [-0.1, -0.05) is 6.92 Å². The third kappa shape index (κ3) is 3.58. The molecule has 106 valence electrons. The topological polar surface area (TPSA) is 61.4 Å². The van der Waals surface area contributed by atoms with Gasteiger partial charge < -0.3 is 15.7 Å². The number of hydrogen-bond acceptors (Lipinski definition) is 3. The third-order valence-electron chi connectivity index (χ3n) is 3.55. The van der Waals surface area contributed by atoms with Crippen LogP contribution in [0.5, 0.6) is 0 Å². The monoisotopic (exact) mass is 268 g/mol. The average Bonchev–Trinajstić information content (AvgIpc) is 2.35. The molecule has 1 heterocycles. The summed E-state index contributed by atoms with van der Waals surface area (Å²) in [6.07, 6.45) is -5.39. The lowest BCUT2D eigenvalue weighted by atomic mass is 9.76. The van der Waals surface area contributed by atoms with Crippen LogP contribution in [0.2, 0.25) is 0 Å². The Bertz CT molecular complexity index is 289. The number of rotatable bonds is 4. The number of piperidine rings is 1. The van der Waals surface area contributed by atoms with Gasteiger partial charge in [0.15, 0.2) is 6.10 Å². The van der Waals surface area contributed by atoms with Crippen molar-refractivity contribution in [3.05, 3.63) is 0 Å². The molecule has 0 saturated carbocycles. The van der Waals surface area contributed by atoms with Gasteiger partial charge in [0.05, 0.1) is 12.0 Å². The van der Waals surface area contributed by atoms with E-state index in [1.165, 1.54) is 0 Å². The standard InChI is InChI=1S/C11H19F3N2O2/c1-2-10(3-5-15-6-4-10)9(18)16-7-8(17)11(12,13)14/h8,15,17H,2-7H2,1H3,(H,16,18). The molecule has 0 aromatic carbocycles. The fourth-order valence-electron chi connectivity index (χ4n) is 2.14. The summed E-state index contributed by atoms with van der Waals surface area (Å²) < 4.78 is 36.3. The van der Waals surface area contributed by atoms with Gasteiger partial charge in [0, 0.05) is 0 Å². The van der Waals surface area contributed by atoms with E-state index < -0.39 is 30.1 Å². The van der Waals surface area contributed by atoms with Crippen LogP contribution in [0.4, 0.5) is 13.2 Å². The molecule has 0 bridgehead atoms. The summed E-state index contributed by atoms with van der Waals surface area (Å²) in [4.78, 5) is 12.0. The summed E-state index contributed by atoms with van der Waals surface area (Å²) in [6, 6.07) is 0. The molecule has 1 amide bonds. The molecule has 1 saturated heterocycles. The van der Waals surface area contributed by atoms with E-state index in [2.05, 4.69) is 10.6 Å². The Labute approximate surface area is 104 Å². The molecule has 4 nitrogen and oxygen atoms in total. The number of nitrogens with one attached hydrogen (secondary N) is 2. The minimum Gasteiger partial charge on any atom is -0.382 e. The summed E-state index contributed by atoms with van der Waals surface area (Å²) in [6.45, 7) is 2.44. The van der Waals surface area contributed by atoms with Crippen molar-refractivity contribution < 1.29 is 23.1 Å². The lowest BCUT2D eigenvalue weighted by Crippen LogP contribution is -2.50. The first-order chi connectivity index (χ1) is 8.32. The van der Waals surface area contributed by atoms with Crippen LogP contribution in [-0.2, 0) is 4.79 Å². The highest BCUT2D eigenvalue weighted by atomic mass is 19.4. The molecule has 1 atom stereocenters. The van der Waals surface area contributed by atoms with Gasteiger partial charge in [0.2, 0.25) is 5.91 Å². The molecule has 0 spiro atoms. The molecule has 1 aliphatic rings. The number of carbonyl (C=O) groups is 1. The molecular formula is C11H19F3N2O2. The van der Waals surface area contributed by atoms with E-state index in [-0.39, 0.29) is 0 Å². The van der Waals surface area contributed by atoms with E-state index in [4.69, 9.17) is 5.11 Å². The van der Waals surface area contributed by atoms with E-state index in [1.54, 1.807) is 0 Å². The number of amides is 1. The number of aliphatic hydroxyl groups is 1. The van der Waals surface area contributed by atoms with Crippen LogP contribution in [-0.4, -0.2) is 42.9 Å². The molecule has 7 heteroatoms. The Morgan fingerprint density at radius 2 is 2.00 bits per heavy atom. The van der Waals surface area contributed by atoms with Crippen LogP contribution >= 0.6 is 0 Å². The van der Waals surface area contributed by atoms with Crippen molar-refractivity contribution >= 4 is 5.91 Å². The van der Waals surface area contributed by atoms with E-state index >= 15 is 0 Å². The van der Waals surface area contributed by atoms with Gasteiger partial charge in [-0.25, -0.2) is 0 Å². The molecule has 1 fully saturated rings. The molecule has 1 aliphatic heterocycles. The Morgan fingerprint density at radius 3 is 2.44 bits per heavy atom. The second-order valence-corrected chi connectivity index (χ2v) is 4.65. The lowest BCUT2D eigenvalue weighted by Gasteiger charge is -2.35. The average molecular weight is 268 g/mol. The van der Waals surface area contributed by atoms with Crippen LogP contribution in [0.25, 0.3) is 0 Å². The fraction of sp³-hybridized carbons (Fsp3) is 0.909. The van der Waals surface area contributed by atoms with Crippen molar-refractivity contribution in [3.8, 4) is 0 Å². The van der Waals surface area contributed by atoms with Gasteiger partial charge in [0.1, 0.15) is 0 Å². The number of alkyl halides is 3. The summed E-state index contributed by atoms with van der Waals surface area (Å²) in [5, 5.41) is 14.2. The Balaban J connectivity index is 2.53. The van der Waals surface area contributed by atoms with Crippen LogP contribution in [0.1, 0.15) is 26.2 Å². The highest BCUT2D eigenvalue weighted by molar-refractivity contribution is 5.82. The Morgan fingerprint density at radius 1 is 1.44 bits per heavy atom. The second kappa shape index (κ2) is 5.88. The maximum atomic E-state index is 12.1. The predicted octanol–water partition coefficient (Wildman–Crippen LogP) is 0.806. The molecule has 18 heavy (non-hydrogen) atoms. The first-order valence-electron chi connectivity index (χ1n) is 6.05. The van der Waals surface area contributed by atoms with Gasteiger partial charge >= 0.3 is 6.18 Å². The zero-order valence-electron chi connectivity index (χ0n) is 10.3. The van der Waals surface area contributed by atoms with E-state index in [0.717, 1.165) is 0 Å². The maximum Gasteiger partial charge on any atom is 0.416 e. The molecule has 0 radical (unpaired) electrons. The highest BCUT2D eigenvalue weighted by Gasteiger charge is 2.41. The van der Waals surface area contributed by atoms with Crippen molar-refractivity contribution in [2.24, 2.45) is 5.41 Å². The maximum absolute atomic E-state index is 12.1. The van der Waals surface area contributed by atoms with E-state index in [1.807, 2.05) is 6.92 Å². The fourth-order valence-corrected chi connectivity index (χ4v) is 2.14. The molecule has 1 rings (SSSR count). The minimum atomic E-state index is -4.69. The van der Waals surface area contributed by atoms with Crippen molar-refractivity contribution in [2.75, 3.05) is 19.6 Å². The lowest BCUT2D eigenvalue weighted by molar-refractivity contribution is -0.202. The predicted molar refractivity (Wildman–Crippen MR) is 59.9 cm³/mol. The normalized spacial score (nSPS) is 21.4. The van der Waals surface area contributed by atoms with Crippen LogP contribution < -0.4 is 10.6 Å². The van der Waals surface area contributed by atoms with Crippen LogP contribution in [0.3, 0.4) is 0 Å². The Kier molecular flexibility index (Phi) is 4.98. The molecule has 3 N–H and O–H groups in total. The van der Waals surface area contributed by atoms with Crippen molar-refractivity contribution in [1.29, 1.82) is 0 Å². The second-order valence-electron chi connectivity index (χ2n) is 4.65. The van der Waals surface area contributed by atoms with Crippen molar-refractivity contribution in [2.45, 2.75) is 38.5 Å². The number of aliphatic hydroxyl groups excluding tert-OH is 1. The van der Waals surface area contributed by atoms with Crippen LogP contribution in [0, 0.1) is 5.41 Å². The molecule has 0 aliphatic carbocycles. The summed E-state index contributed by atoms with van der Waals surface area (Å²) in [5.41, 5.74) is -0.601. The molecule has 0 aromatic heterocycles. The smallest absolute Gasteiger partial charge is 0.382 e. The first kappa shape index (κ1) is 15.2. The number of hydrogen-bond donors (Lipinski definition) is 3. The first-order valence-corrected chi connectivity index (χ1v) is 6.05. The SMILES string of the molecule is CCC1(C(=O)NCC(O)C(F)(F)F)CCNCC1. The quantitative estimate of drug-likeness (QED) is 0.707. The van der Waals surface area contributed by atoms with Gasteiger partial charge in [-0.05, 0) is 32.4 Å². The summed E-state index contributed by atoms with van der Waals surface area (Å²) in [7, 11) is 0. The zero-order chi connectivity index (χ0) is 13.8. The number of halogens is 3. The third-order valence-corrected chi connectivity index (χ3v) is 3.55. The van der Waals surface area contributed by atoms with Crippen molar-refractivity contribution in [1.82, 2.24) is 10.6 Å².